The summed E-state index contributed by atoms with van der Waals surface area (Å²) in [6.07, 6.45) is -0.0723. The molecule has 0 radical (unpaired) electrons. The molecule has 0 spiro atoms. The topological polar surface area (TPSA) is 38.3 Å². The van der Waals surface area contributed by atoms with Crippen LogP contribution < -0.4 is 5.48 Å². The van der Waals surface area contributed by atoms with Crippen LogP contribution in [-0.2, 0) is 16.1 Å². The molecule has 0 aliphatic heterocycles. The molecule has 0 heterocycles. The molecule has 0 aliphatic carbocycles. The number of carbonyl (C=O) groups is 1. The van der Waals surface area contributed by atoms with Gasteiger partial charge in [0.2, 0.25) is 0 Å². The van der Waals surface area contributed by atoms with Gasteiger partial charge in [-0.05, 0) is 30.7 Å². The van der Waals surface area contributed by atoms with Crippen LogP contribution in [0.2, 0.25) is 15.1 Å². The average molecular weight is 345 g/mol. The van der Waals surface area contributed by atoms with E-state index in [-0.39, 0.29) is 11.4 Å². The van der Waals surface area contributed by atoms with Crippen LogP contribution in [0, 0.1) is 6.92 Å². The van der Waals surface area contributed by atoms with Gasteiger partial charge in [-0.3, -0.25) is 0 Å². The van der Waals surface area contributed by atoms with E-state index in [2.05, 4.69) is 5.48 Å². The van der Waals surface area contributed by atoms with Crippen molar-refractivity contribution in [3.8, 4) is 0 Å². The number of aryl methyl sites for hydroxylation is 1. The van der Waals surface area contributed by atoms with Crippen molar-refractivity contribution in [2.24, 2.45) is 0 Å². The largest absolute Gasteiger partial charge is 0.343 e. The third-order valence-corrected chi connectivity index (χ3v) is 4.08. The second-order valence-corrected chi connectivity index (χ2v) is 5.58. The second kappa shape index (κ2) is 7.03. The fourth-order valence-electron chi connectivity index (χ4n) is 1.71. The van der Waals surface area contributed by atoms with E-state index in [9.17, 15) is 4.79 Å². The lowest BCUT2D eigenvalue weighted by Crippen LogP contribution is -2.14. The minimum absolute atomic E-state index is 0.0723. The van der Waals surface area contributed by atoms with Crippen molar-refractivity contribution in [2.45, 2.75) is 13.3 Å². The van der Waals surface area contributed by atoms with Gasteiger partial charge in [-0.15, -0.1) is 0 Å². The van der Waals surface area contributed by atoms with E-state index >= 15 is 0 Å². The second-order valence-electron chi connectivity index (χ2n) is 4.39. The van der Waals surface area contributed by atoms with Gasteiger partial charge in [-0.25, -0.2) is 10.3 Å². The molecule has 2 rings (SSSR count). The van der Waals surface area contributed by atoms with Gasteiger partial charge in [0.25, 0.3) is 0 Å². The van der Waals surface area contributed by atoms with Crippen LogP contribution in [-0.4, -0.2) is 5.97 Å². The van der Waals surface area contributed by atoms with Crippen molar-refractivity contribution in [3.05, 3.63) is 62.6 Å². The first-order chi connectivity index (χ1) is 9.99. The molecule has 0 saturated heterocycles. The minimum atomic E-state index is -0.510. The highest BCUT2D eigenvalue weighted by atomic mass is 35.5. The maximum atomic E-state index is 11.9. The van der Waals surface area contributed by atoms with Crippen LogP contribution in [0.5, 0.6) is 0 Å². The zero-order chi connectivity index (χ0) is 15.4. The smallest absolute Gasteiger partial charge is 0.336 e. The Hall–Kier alpha value is -1.42. The molecule has 2 aromatic carbocycles. The van der Waals surface area contributed by atoms with Crippen LogP contribution in [0.1, 0.15) is 11.1 Å². The molecule has 1 N–H and O–H groups in total. The third-order valence-electron chi connectivity index (χ3n) is 2.88. The first-order valence-corrected chi connectivity index (χ1v) is 7.26. The Morgan fingerprint density at radius 2 is 1.76 bits per heavy atom. The molecule has 0 atom stereocenters. The Morgan fingerprint density at radius 3 is 2.48 bits per heavy atom. The Bertz CT molecular complexity index is 674. The standard InChI is InChI=1S/C15H12Cl3NO2/c1-9-4-2-3-5-13(9)19-21-14(20)8-10-11(16)6-7-12(17)15(10)18/h2-7,19H,8H2,1H3. The van der Waals surface area contributed by atoms with Crippen LogP contribution >= 0.6 is 34.8 Å². The number of hydrogen-bond acceptors (Lipinski definition) is 3. The molecule has 3 nitrogen and oxygen atoms in total. The summed E-state index contributed by atoms with van der Waals surface area (Å²) in [5, 5.41) is 0.977. The summed E-state index contributed by atoms with van der Waals surface area (Å²) in [5.74, 6) is -0.510. The summed E-state index contributed by atoms with van der Waals surface area (Å²) in [6, 6.07) is 10.6. The molecule has 0 aliphatic rings. The van der Waals surface area contributed by atoms with E-state index in [0.717, 1.165) is 5.56 Å². The molecule has 21 heavy (non-hydrogen) atoms. The molecule has 110 valence electrons. The summed E-state index contributed by atoms with van der Waals surface area (Å²) in [7, 11) is 0. The quantitative estimate of drug-likeness (QED) is 0.622. The molecule has 0 bridgehead atoms. The Balaban J connectivity index is 2.03. The minimum Gasteiger partial charge on any atom is -0.343 e. The van der Waals surface area contributed by atoms with E-state index in [1.807, 2.05) is 31.2 Å². The van der Waals surface area contributed by atoms with E-state index in [1.54, 1.807) is 12.1 Å². The van der Waals surface area contributed by atoms with Gasteiger partial charge in [-0.1, -0.05) is 53.0 Å². The molecule has 0 aromatic heterocycles. The lowest BCUT2D eigenvalue weighted by Gasteiger charge is -2.11. The lowest BCUT2D eigenvalue weighted by atomic mass is 10.1. The molecule has 0 amide bonds. The highest BCUT2D eigenvalue weighted by Crippen LogP contribution is 2.31. The highest BCUT2D eigenvalue weighted by Gasteiger charge is 2.15. The van der Waals surface area contributed by atoms with Gasteiger partial charge in [-0.2, -0.15) is 0 Å². The predicted molar refractivity (Wildman–Crippen MR) is 86.1 cm³/mol. The number of halogens is 3. The number of para-hydroxylation sites is 1. The van der Waals surface area contributed by atoms with Gasteiger partial charge in [0.15, 0.2) is 0 Å². The van der Waals surface area contributed by atoms with Crippen molar-refractivity contribution < 1.29 is 9.63 Å². The summed E-state index contributed by atoms with van der Waals surface area (Å²) >= 11 is 18.0. The predicted octanol–water partition coefficient (Wildman–Crippen LogP) is 5.07. The first-order valence-electron chi connectivity index (χ1n) is 6.12. The van der Waals surface area contributed by atoms with Gasteiger partial charge >= 0.3 is 5.97 Å². The molecular formula is C15H12Cl3NO2. The Morgan fingerprint density at radius 1 is 1.10 bits per heavy atom. The normalized spacial score (nSPS) is 10.3. The zero-order valence-electron chi connectivity index (χ0n) is 11.1. The molecule has 0 fully saturated rings. The number of anilines is 1. The first kappa shape index (κ1) is 16.0. The van der Waals surface area contributed by atoms with E-state index in [0.29, 0.717) is 21.3 Å². The van der Waals surface area contributed by atoms with E-state index < -0.39 is 5.97 Å². The van der Waals surface area contributed by atoms with Crippen molar-refractivity contribution in [3.63, 3.8) is 0 Å². The lowest BCUT2D eigenvalue weighted by molar-refractivity contribution is -0.139. The summed E-state index contributed by atoms with van der Waals surface area (Å²) < 4.78 is 0. The van der Waals surface area contributed by atoms with Gasteiger partial charge < -0.3 is 4.84 Å². The van der Waals surface area contributed by atoms with Crippen molar-refractivity contribution in [1.82, 2.24) is 0 Å². The van der Waals surface area contributed by atoms with Crippen molar-refractivity contribution in [2.75, 3.05) is 5.48 Å². The van der Waals surface area contributed by atoms with Crippen molar-refractivity contribution >= 4 is 46.5 Å². The maximum Gasteiger partial charge on any atom is 0.336 e. The number of hydrogen-bond donors (Lipinski definition) is 1. The third kappa shape index (κ3) is 4.03. The zero-order valence-corrected chi connectivity index (χ0v) is 13.4. The molecular weight excluding hydrogens is 333 g/mol. The molecule has 2 aromatic rings. The van der Waals surface area contributed by atoms with Crippen LogP contribution in [0.25, 0.3) is 0 Å². The SMILES string of the molecule is Cc1ccccc1NOC(=O)Cc1c(Cl)ccc(Cl)c1Cl. The fourth-order valence-corrected chi connectivity index (χ4v) is 2.39. The molecule has 0 saturated carbocycles. The average Bonchev–Trinajstić information content (AvgIpc) is 2.47. The van der Waals surface area contributed by atoms with E-state index in [4.69, 9.17) is 39.6 Å². The van der Waals surface area contributed by atoms with Crippen LogP contribution in [0.15, 0.2) is 36.4 Å². The summed E-state index contributed by atoms with van der Waals surface area (Å²) in [6.45, 7) is 1.90. The summed E-state index contributed by atoms with van der Waals surface area (Å²) in [4.78, 5) is 16.9. The number of benzene rings is 2. The monoisotopic (exact) mass is 343 g/mol. The number of rotatable bonds is 4. The summed E-state index contributed by atoms with van der Waals surface area (Å²) in [5.41, 5.74) is 4.74. The fraction of sp³-hybridized carbons (Fsp3) is 0.133. The van der Waals surface area contributed by atoms with Gasteiger partial charge in [0.1, 0.15) is 0 Å². The molecule has 6 heteroatoms. The van der Waals surface area contributed by atoms with Gasteiger partial charge in [0, 0.05) is 10.6 Å². The Labute approximate surface area is 137 Å². The van der Waals surface area contributed by atoms with Crippen LogP contribution in [0.4, 0.5) is 5.69 Å². The van der Waals surface area contributed by atoms with E-state index in [1.165, 1.54) is 0 Å². The number of carbonyl (C=O) groups excluding carboxylic acids is 1. The number of nitrogens with one attached hydrogen (secondary N) is 1. The maximum absolute atomic E-state index is 11.9. The Kier molecular flexibility index (Phi) is 5.34. The van der Waals surface area contributed by atoms with Crippen molar-refractivity contribution in [1.29, 1.82) is 0 Å². The van der Waals surface area contributed by atoms with Crippen LogP contribution in [0.3, 0.4) is 0 Å². The van der Waals surface area contributed by atoms with Gasteiger partial charge in [0.05, 0.1) is 22.2 Å². The highest BCUT2D eigenvalue weighted by molar-refractivity contribution is 6.44. The molecule has 0 unspecified atom stereocenters.